The largest absolute Gasteiger partial charge is 0.381 e. The molecule has 2 rings (SSSR count). The predicted octanol–water partition coefficient (Wildman–Crippen LogP) is 2.27. The highest BCUT2D eigenvalue weighted by molar-refractivity contribution is 4.78. The summed E-state index contributed by atoms with van der Waals surface area (Å²) in [7, 11) is 2.28. The Labute approximate surface area is 112 Å². The Hall–Kier alpha value is -0.120. The Morgan fingerprint density at radius 1 is 1.28 bits per heavy atom. The van der Waals surface area contributed by atoms with E-state index in [1.807, 2.05) is 0 Å². The molecular formula is C15H30N2O. The van der Waals surface area contributed by atoms with E-state index in [-0.39, 0.29) is 0 Å². The fraction of sp³-hybridized carbons (Fsp3) is 1.00. The van der Waals surface area contributed by atoms with E-state index >= 15 is 0 Å². The molecule has 3 nitrogen and oxygen atoms in total. The molecule has 2 fully saturated rings. The van der Waals surface area contributed by atoms with E-state index in [0.717, 1.165) is 31.7 Å². The third-order valence-electron chi connectivity index (χ3n) is 4.77. The highest BCUT2D eigenvalue weighted by Gasteiger charge is 2.22. The van der Waals surface area contributed by atoms with Gasteiger partial charge in [0.05, 0.1) is 6.61 Å². The number of likely N-dealkylation sites (tertiary alicyclic amines) is 1. The molecule has 0 saturated carbocycles. The third kappa shape index (κ3) is 4.22. The first-order valence-electron chi connectivity index (χ1n) is 7.78. The molecule has 0 aromatic heterocycles. The average Bonchev–Trinajstić information content (AvgIpc) is 2.42. The van der Waals surface area contributed by atoms with Gasteiger partial charge < -0.3 is 15.0 Å². The van der Waals surface area contributed by atoms with Gasteiger partial charge in [-0.05, 0) is 65.1 Å². The molecule has 3 heteroatoms. The van der Waals surface area contributed by atoms with Gasteiger partial charge in [-0.3, -0.25) is 0 Å². The van der Waals surface area contributed by atoms with Crippen LogP contribution in [0.15, 0.2) is 0 Å². The molecule has 0 spiro atoms. The van der Waals surface area contributed by atoms with Gasteiger partial charge in [0.15, 0.2) is 0 Å². The molecule has 3 unspecified atom stereocenters. The molecule has 0 aromatic rings. The van der Waals surface area contributed by atoms with Crippen LogP contribution < -0.4 is 5.32 Å². The van der Waals surface area contributed by atoms with Crippen LogP contribution >= 0.6 is 0 Å². The van der Waals surface area contributed by atoms with Gasteiger partial charge in [-0.15, -0.1) is 0 Å². The summed E-state index contributed by atoms with van der Waals surface area (Å²) in [5.74, 6) is 0.725. The normalized spacial score (nSPS) is 32.3. The smallest absolute Gasteiger partial charge is 0.0509 e. The third-order valence-corrected chi connectivity index (χ3v) is 4.77. The van der Waals surface area contributed by atoms with Crippen molar-refractivity contribution in [2.24, 2.45) is 5.92 Å². The number of rotatable bonds is 5. The predicted molar refractivity (Wildman–Crippen MR) is 75.9 cm³/mol. The zero-order chi connectivity index (χ0) is 12.8. The topological polar surface area (TPSA) is 24.5 Å². The summed E-state index contributed by atoms with van der Waals surface area (Å²) in [4.78, 5) is 2.54. The summed E-state index contributed by atoms with van der Waals surface area (Å²) in [5, 5.41) is 3.71. The highest BCUT2D eigenvalue weighted by atomic mass is 16.5. The maximum absolute atomic E-state index is 5.57. The van der Waals surface area contributed by atoms with E-state index in [1.54, 1.807) is 0 Å². The second-order valence-corrected chi connectivity index (χ2v) is 6.14. The Bertz CT molecular complexity index is 229. The summed E-state index contributed by atoms with van der Waals surface area (Å²) < 4.78 is 5.57. The van der Waals surface area contributed by atoms with E-state index in [4.69, 9.17) is 4.74 Å². The van der Waals surface area contributed by atoms with Crippen LogP contribution in [0.5, 0.6) is 0 Å². The molecule has 3 atom stereocenters. The van der Waals surface area contributed by atoms with Crippen LogP contribution in [-0.4, -0.2) is 50.3 Å². The fourth-order valence-electron chi connectivity index (χ4n) is 3.31. The Balaban J connectivity index is 1.61. The SMILES string of the molecule is CC(NCCC1CCCCN1C)C1CCCOC1. The Morgan fingerprint density at radius 2 is 2.17 bits per heavy atom. The molecular weight excluding hydrogens is 224 g/mol. The quantitative estimate of drug-likeness (QED) is 0.814. The van der Waals surface area contributed by atoms with Crippen LogP contribution in [0.3, 0.4) is 0 Å². The summed E-state index contributed by atoms with van der Waals surface area (Å²) in [6.07, 6.45) is 8.06. The fourth-order valence-corrected chi connectivity index (χ4v) is 3.31. The van der Waals surface area contributed by atoms with Crippen molar-refractivity contribution in [2.45, 2.75) is 57.5 Å². The lowest BCUT2D eigenvalue weighted by Gasteiger charge is -2.33. The lowest BCUT2D eigenvalue weighted by molar-refractivity contribution is 0.0415. The first-order valence-corrected chi connectivity index (χ1v) is 7.78. The standard InChI is InChI=1S/C15H30N2O/c1-13(14-6-5-11-18-12-14)16-9-8-15-7-3-4-10-17(15)2/h13-16H,3-12H2,1-2H3. The molecule has 0 radical (unpaired) electrons. The maximum atomic E-state index is 5.57. The Kier molecular flexibility index (Phi) is 5.93. The van der Waals surface area contributed by atoms with Gasteiger partial charge in [-0.25, -0.2) is 0 Å². The molecule has 2 heterocycles. The second kappa shape index (κ2) is 7.46. The van der Waals surface area contributed by atoms with Crippen LogP contribution in [-0.2, 0) is 4.74 Å². The van der Waals surface area contributed by atoms with Crippen LogP contribution in [0.1, 0.15) is 45.4 Å². The summed E-state index contributed by atoms with van der Waals surface area (Å²) in [6, 6.07) is 1.42. The van der Waals surface area contributed by atoms with E-state index in [9.17, 15) is 0 Å². The Morgan fingerprint density at radius 3 is 2.89 bits per heavy atom. The first-order chi connectivity index (χ1) is 8.77. The minimum atomic E-state index is 0.610. The van der Waals surface area contributed by atoms with Crippen molar-refractivity contribution in [2.75, 3.05) is 33.4 Å². The summed E-state index contributed by atoms with van der Waals surface area (Å²) in [6.45, 7) is 6.70. The molecule has 2 aliphatic heterocycles. The van der Waals surface area contributed by atoms with Crippen molar-refractivity contribution in [3.63, 3.8) is 0 Å². The van der Waals surface area contributed by atoms with Crippen LogP contribution in [0.2, 0.25) is 0 Å². The van der Waals surface area contributed by atoms with E-state index < -0.39 is 0 Å². The average molecular weight is 254 g/mol. The van der Waals surface area contributed by atoms with E-state index in [2.05, 4.69) is 24.2 Å². The van der Waals surface area contributed by atoms with Crippen molar-refractivity contribution < 1.29 is 4.74 Å². The monoisotopic (exact) mass is 254 g/mol. The number of ether oxygens (including phenoxy) is 1. The van der Waals surface area contributed by atoms with Crippen molar-refractivity contribution in [1.29, 1.82) is 0 Å². The molecule has 18 heavy (non-hydrogen) atoms. The lowest BCUT2D eigenvalue weighted by atomic mass is 9.94. The zero-order valence-electron chi connectivity index (χ0n) is 12.2. The number of nitrogens with zero attached hydrogens (tertiary/aromatic N) is 1. The van der Waals surface area contributed by atoms with Crippen molar-refractivity contribution >= 4 is 0 Å². The van der Waals surface area contributed by atoms with Gasteiger partial charge in [-0.1, -0.05) is 6.42 Å². The lowest BCUT2D eigenvalue weighted by Crippen LogP contribution is -2.42. The second-order valence-electron chi connectivity index (χ2n) is 6.14. The number of nitrogens with one attached hydrogen (secondary N) is 1. The summed E-state index contributed by atoms with van der Waals surface area (Å²) in [5.41, 5.74) is 0. The van der Waals surface area contributed by atoms with Gasteiger partial charge in [-0.2, -0.15) is 0 Å². The molecule has 0 bridgehead atoms. The van der Waals surface area contributed by atoms with Gasteiger partial charge in [0.25, 0.3) is 0 Å². The molecule has 1 N–H and O–H groups in total. The van der Waals surface area contributed by atoms with Gasteiger partial charge in [0.2, 0.25) is 0 Å². The first kappa shape index (κ1) is 14.3. The van der Waals surface area contributed by atoms with Gasteiger partial charge in [0.1, 0.15) is 0 Å². The van der Waals surface area contributed by atoms with Crippen LogP contribution in [0.25, 0.3) is 0 Å². The van der Waals surface area contributed by atoms with E-state index in [0.29, 0.717) is 6.04 Å². The molecule has 0 aliphatic carbocycles. The molecule has 2 aliphatic rings. The summed E-state index contributed by atoms with van der Waals surface area (Å²) >= 11 is 0. The van der Waals surface area contributed by atoms with Crippen molar-refractivity contribution in [1.82, 2.24) is 10.2 Å². The highest BCUT2D eigenvalue weighted by Crippen LogP contribution is 2.19. The number of hydrogen-bond acceptors (Lipinski definition) is 3. The van der Waals surface area contributed by atoms with Crippen LogP contribution in [0.4, 0.5) is 0 Å². The van der Waals surface area contributed by atoms with Gasteiger partial charge >= 0.3 is 0 Å². The minimum Gasteiger partial charge on any atom is -0.381 e. The number of piperidine rings is 1. The molecule has 106 valence electrons. The molecule has 0 amide bonds. The minimum absolute atomic E-state index is 0.610. The zero-order valence-corrected chi connectivity index (χ0v) is 12.2. The molecule has 2 saturated heterocycles. The van der Waals surface area contributed by atoms with E-state index in [1.165, 1.54) is 45.1 Å². The maximum Gasteiger partial charge on any atom is 0.0509 e. The van der Waals surface area contributed by atoms with Crippen molar-refractivity contribution in [3.8, 4) is 0 Å². The van der Waals surface area contributed by atoms with Crippen LogP contribution in [0, 0.1) is 5.92 Å². The van der Waals surface area contributed by atoms with Crippen molar-refractivity contribution in [3.05, 3.63) is 0 Å². The number of hydrogen-bond donors (Lipinski definition) is 1. The van der Waals surface area contributed by atoms with Gasteiger partial charge in [0, 0.05) is 18.7 Å². The molecule has 0 aromatic carbocycles.